The Kier molecular flexibility index (Phi) is 7.35. The molecular weight excluding hydrogens is 312 g/mol. The number of aliphatic carboxylic acids is 1. The number of carbonyl (C=O) groups is 2. The van der Waals surface area contributed by atoms with Crippen LogP contribution in [0, 0.1) is 30.9 Å². The van der Waals surface area contributed by atoms with Gasteiger partial charge in [-0.25, -0.2) is 0 Å². The van der Waals surface area contributed by atoms with Crippen LogP contribution >= 0.6 is 0 Å². The Morgan fingerprint density at radius 2 is 1.75 bits per heavy atom. The topological polar surface area (TPSA) is 110 Å². The maximum Gasteiger partial charge on any atom is 0.303 e. The van der Waals surface area contributed by atoms with E-state index in [9.17, 15) is 19.7 Å². The number of unbranched alkanes of at least 4 members (excludes halogenated alkanes) is 3. The number of carboxylic acid groups (broad SMARTS) is 1. The van der Waals surface area contributed by atoms with Crippen LogP contribution in [0.4, 0.5) is 5.69 Å². The number of hydrogen-bond donors (Lipinski definition) is 2. The summed E-state index contributed by atoms with van der Waals surface area (Å²) in [7, 11) is 0. The minimum Gasteiger partial charge on any atom is -0.481 e. The monoisotopic (exact) mass is 336 g/mol. The van der Waals surface area contributed by atoms with E-state index in [1.165, 1.54) is 0 Å². The fraction of sp³-hybridized carbons (Fsp3) is 0.529. The van der Waals surface area contributed by atoms with Gasteiger partial charge in [0, 0.05) is 24.1 Å². The van der Waals surface area contributed by atoms with E-state index >= 15 is 0 Å². The van der Waals surface area contributed by atoms with Gasteiger partial charge in [-0.3, -0.25) is 19.7 Å². The van der Waals surface area contributed by atoms with Crippen LogP contribution in [-0.4, -0.2) is 28.5 Å². The van der Waals surface area contributed by atoms with E-state index in [-0.39, 0.29) is 18.0 Å². The molecule has 132 valence electrons. The van der Waals surface area contributed by atoms with Gasteiger partial charge in [0.2, 0.25) is 0 Å². The van der Waals surface area contributed by atoms with Gasteiger partial charge in [0.15, 0.2) is 0 Å². The average Bonchev–Trinajstić information content (AvgIpc) is 2.44. The second-order valence-corrected chi connectivity index (χ2v) is 5.93. The van der Waals surface area contributed by atoms with Crippen LogP contribution in [-0.2, 0) is 4.79 Å². The fourth-order valence-electron chi connectivity index (χ4n) is 2.85. The predicted molar refractivity (Wildman–Crippen MR) is 90.4 cm³/mol. The van der Waals surface area contributed by atoms with Crippen LogP contribution < -0.4 is 5.32 Å². The van der Waals surface area contributed by atoms with Gasteiger partial charge in [0.25, 0.3) is 11.6 Å². The first-order valence-corrected chi connectivity index (χ1v) is 8.01. The van der Waals surface area contributed by atoms with Crippen molar-refractivity contribution in [1.29, 1.82) is 0 Å². The molecule has 1 aromatic rings. The van der Waals surface area contributed by atoms with E-state index < -0.39 is 10.9 Å². The van der Waals surface area contributed by atoms with E-state index in [2.05, 4.69) is 5.32 Å². The SMILES string of the molecule is Cc1cc(C)c([N+](=O)[O-])c(C)c1C(=O)NCCCCCCC(=O)O. The van der Waals surface area contributed by atoms with Crippen LogP contribution in [0.2, 0.25) is 0 Å². The lowest BCUT2D eigenvalue weighted by Gasteiger charge is -2.12. The van der Waals surface area contributed by atoms with Crippen molar-refractivity contribution in [3.05, 3.63) is 38.4 Å². The van der Waals surface area contributed by atoms with Gasteiger partial charge in [-0.1, -0.05) is 12.8 Å². The third-order valence-corrected chi connectivity index (χ3v) is 3.94. The highest BCUT2D eigenvalue weighted by Gasteiger charge is 2.23. The lowest BCUT2D eigenvalue weighted by molar-refractivity contribution is -0.386. The second-order valence-electron chi connectivity index (χ2n) is 5.93. The van der Waals surface area contributed by atoms with Crippen molar-refractivity contribution in [2.24, 2.45) is 0 Å². The standard InChI is InChI=1S/C17H24N2O5/c1-11-10-12(2)16(19(23)24)13(3)15(11)17(22)18-9-7-5-4-6-8-14(20)21/h10H,4-9H2,1-3H3,(H,18,22)(H,20,21). The molecule has 7 heteroatoms. The largest absolute Gasteiger partial charge is 0.481 e. The first kappa shape index (κ1) is 19.6. The lowest BCUT2D eigenvalue weighted by Crippen LogP contribution is -2.26. The molecule has 0 aliphatic heterocycles. The molecule has 0 spiro atoms. The number of nitro benzene ring substituents is 1. The quantitative estimate of drug-likeness (QED) is 0.408. The number of nitrogens with zero attached hydrogens (tertiary/aromatic N) is 1. The van der Waals surface area contributed by atoms with E-state index in [0.717, 1.165) is 24.8 Å². The number of carbonyl (C=O) groups excluding carboxylic acids is 1. The summed E-state index contributed by atoms with van der Waals surface area (Å²) < 4.78 is 0. The Bertz CT molecular complexity index is 640. The third kappa shape index (κ3) is 5.33. The third-order valence-electron chi connectivity index (χ3n) is 3.94. The van der Waals surface area contributed by atoms with Crippen molar-refractivity contribution < 1.29 is 19.6 Å². The minimum atomic E-state index is -0.796. The average molecular weight is 336 g/mol. The predicted octanol–water partition coefficient (Wildman–Crippen LogP) is 3.28. The van der Waals surface area contributed by atoms with Crippen LogP contribution in [0.3, 0.4) is 0 Å². The zero-order valence-corrected chi connectivity index (χ0v) is 14.3. The molecule has 1 aromatic carbocycles. The van der Waals surface area contributed by atoms with Gasteiger partial charge in [0.05, 0.1) is 10.5 Å². The Morgan fingerprint density at radius 3 is 2.33 bits per heavy atom. The molecule has 0 heterocycles. The van der Waals surface area contributed by atoms with Gasteiger partial charge in [0.1, 0.15) is 0 Å². The summed E-state index contributed by atoms with van der Waals surface area (Å²) in [6, 6.07) is 1.66. The summed E-state index contributed by atoms with van der Waals surface area (Å²) >= 11 is 0. The molecule has 0 saturated carbocycles. The molecule has 0 bridgehead atoms. The summed E-state index contributed by atoms with van der Waals surface area (Å²) in [5.41, 5.74) is 1.99. The highest BCUT2D eigenvalue weighted by molar-refractivity contribution is 5.98. The maximum absolute atomic E-state index is 12.3. The van der Waals surface area contributed by atoms with E-state index in [1.807, 2.05) is 0 Å². The van der Waals surface area contributed by atoms with E-state index in [1.54, 1.807) is 26.8 Å². The first-order valence-electron chi connectivity index (χ1n) is 8.01. The normalized spacial score (nSPS) is 10.5. The van der Waals surface area contributed by atoms with Gasteiger partial charge >= 0.3 is 5.97 Å². The molecular formula is C17H24N2O5. The fourth-order valence-corrected chi connectivity index (χ4v) is 2.85. The number of nitro groups is 1. The molecule has 0 unspecified atom stereocenters. The van der Waals surface area contributed by atoms with Crippen LogP contribution in [0.15, 0.2) is 6.07 Å². The van der Waals surface area contributed by atoms with Crippen molar-refractivity contribution in [2.75, 3.05) is 6.54 Å². The first-order chi connectivity index (χ1) is 11.3. The smallest absolute Gasteiger partial charge is 0.303 e. The van der Waals surface area contributed by atoms with Gasteiger partial charge < -0.3 is 10.4 Å². The summed E-state index contributed by atoms with van der Waals surface area (Å²) in [4.78, 5) is 33.4. The Labute approximate surface area is 141 Å². The van der Waals surface area contributed by atoms with Gasteiger partial charge in [-0.2, -0.15) is 0 Å². The molecule has 0 saturated heterocycles. The highest BCUT2D eigenvalue weighted by Crippen LogP contribution is 2.28. The molecule has 0 fully saturated rings. The second kappa shape index (κ2) is 9.00. The van der Waals surface area contributed by atoms with Crippen molar-refractivity contribution >= 4 is 17.6 Å². The van der Waals surface area contributed by atoms with Gasteiger partial charge in [-0.15, -0.1) is 0 Å². The molecule has 2 N–H and O–H groups in total. The zero-order chi connectivity index (χ0) is 18.3. The Morgan fingerprint density at radius 1 is 1.12 bits per heavy atom. The van der Waals surface area contributed by atoms with E-state index in [0.29, 0.717) is 29.7 Å². The van der Waals surface area contributed by atoms with E-state index in [4.69, 9.17) is 5.11 Å². The number of rotatable bonds is 9. The molecule has 0 atom stereocenters. The van der Waals surface area contributed by atoms with Crippen LogP contribution in [0.25, 0.3) is 0 Å². The molecule has 0 aliphatic rings. The number of aryl methyl sites for hydroxylation is 2. The van der Waals surface area contributed by atoms with Crippen LogP contribution in [0.1, 0.15) is 59.2 Å². The molecule has 1 rings (SSSR count). The summed E-state index contributed by atoms with van der Waals surface area (Å²) in [6.45, 7) is 5.49. The molecule has 7 nitrogen and oxygen atoms in total. The molecule has 1 amide bonds. The molecule has 0 aromatic heterocycles. The zero-order valence-electron chi connectivity index (χ0n) is 14.3. The summed E-state index contributed by atoms with van der Waals surface area (Å²) in [5.74, 6) is -1.10. The number of benzene rings is 1. The number of amides is 1. The number of hydrogen-bond acceptors (Lipinski definition) is 4. The van der Waals surface area contributed by atoms with Crippen LogP contribution in [0.5, 0.6) is 0 Å². The highest BCUT2D eigenvalue weighted by atomic mass is 16.6. The van der Waals surface area contributed by atoms with Crippen molar-refractivity contribution in [1.82, 2.24) is 5.32 Å². The van der Waals surface area contributed by atoms with Crippen molar-refractivity contribution in [3.63, 3.8) is 0 Å². The summed E-state index contributed by atoms with van der Waals surface area (Å²) in [5, 5.41) is 22.5. The number of nitrogens with one attached hydrogen (secondary N) is 1. The van der Waals surface area contributed by atoms with Gasteiger partial charge in [-0.05, 0) is 45.2 Å². The van der Waals surface area contributed by atoms with Crippen molar-refractivity contribution in [2.45, 2.75) is 52.9 Å². The minimum absolute atomic E-state index is 0.0144. The summed E-state index contributed by atoms with van der Waals surface area (Å²) in [6.07, 6.45) is 3.18. The number of carboxylic acids is 1. The van der Waals surface area contributed by atoms with Crippen molar-refractivity contribution in [3.8, 4) is 0 Å². The Hall–Kier alpha value is -2.44. The maximum atomic E-state index is 12.3. The molecule has 0 radical (unpaired) electrons. The Balaban J connectivity index is 2.61. The lowest BCUT2D eigenvalue weighted by atomic mass is 9.96. The molecule has 0 aliphatic carbocycles. The molecule has 24 heavy (non-hydrogen) atoms.